The number of amides is 5. The van der Waals surface area contributed by atoms with E-state index in [1.54, 1.807) is 59.7 Å². The molecular weight excluding hydrogens is 1090 g/mol. The molecule has 4 fully saturated rings. The summed E-state index contributed by atoms with van der Waals surface area (Å²) >= 11 is 0. The van der Waals surface area contributed by atoms with Crippen LogP contribution in [0.2, 0.25) is 0 Å². The molecule has 2 saturated carbocycles. The molecule has 0 radical (unpaired) electrons. The molecule has 4 aliphatic rings. The molecule has 6 atom stereocenters. The molecule has 0 spiro atoms. The third-order valence-corrected chi connectivity index (χ3v) is 16.3. The molecule has 3 N–H and O–H groups in total. The lowest BCUT2D eigenvalue weighted by Crippen LogP contribution is -2.65. The summed E-state index contributed by atoms with van der Waals surface area (Å²) in [6, 6.07) is 34.4. The maximum absolute atomic E-state index is 14.3. The van der Waals surface area contributed by atoms with E-state index in [1.807, 2.05) is 84.9 Å². The Balaban J connectivity index is 0.000000206. The number of benzene rings is 6. The van der Waals surface area contributed by atoms with E-state index >= 15 is 0 Å². The van der Waals surface area contributed by atoms with Crippen molar-refractivity contribution in [3.8, 4) is 0 Å². The molecule has 5 amide bonds. The normalized spacial score (nSPS) is 18.6. The summed E-state index contributed by atoms with van der Waals surface area (Å²) in [5, 5.41) is 6.96. The highest BCUT2D eigenvalue weighted by Gasteiger charge is 2.47. The van der Waals surface area contributed by atoms with Gasteiger partial charge >= 0.3 is 18.0 Å². The standard InChI is InChI=1S/C36H42FN3O6.C31H34FN3O4/c1-36(2,3)46-35(44)38-29(20-23-12-15-28(37)16-13-23)32(41)39-17-18-40(33(42)30(39)21-24-9-10-24)31(34(43)45-4)22-25-11-14-26-7-5-6-8-27(26)19-25;1-39-31(38)28(19-22-8-11-23-4-2-3-5-24(23)16-22)35-15-14-34(27(30(35)37)18-21-6-7-21)29(36)26(33)17-20-9-12-25(32)13-10-20/h5-8,11-16,19,24,29-31H,9-10,17-18,20-22H2,1-4H3,(H,38,44);2-5,8-13,16,21,26-28H,6-7,14-15,17-19,33H2,1H3/t29-,30+,31+;26-,27+,28+/m11/s1. The minimum Gasteiger partial charge on any atom is -0.467 e. The van der Waals surface area contributed by atoms with Gasteiger partial charge in [0.1, 0.15) is 47.4 Å². The number of methoxy groups -OCH3 is 2. The number of nitrogens with one attached hydrogen (secondary N) is 1. The molecule has 2 saturated heterocycles. The number of alkyl carbamates (subject to hydrolysis) is 1. The molecule has 6 aromatic carbocycles. The smallest absolute Gasteiger partial charge is 0.408 e. The van der Waals surface area contributed by atoms with Crippen molar-refractivity contribution in [3.05, 3.63) is 167 Å². The van der Waals surface area contributed by atoms with Gasteiger partial charge < -0.3 is 44.9 Å². The Morgan fingerprint density at radius 3 is 1.35 bits per heavy atom. The van der Waals surface area contributed by atoms with E-state index in [0.29, 0.717) is 30.7 Å². The number of piperazine rings is 2. The number of ether oxygens (including phenoxy) is 3. The summed E-state index contributed by atoms with van der Waals surface area (Å²) in [5.74, 6) is -2.40. The van der Waals surface area contributed by atoms with Crippen molar-refractivity contribution in [3.63, 3.8) is 0 Å². The van der Waals surface area contributed by atoms with Gasteiger partial charge in [-0.2, -0.15) is 0 Å². The fraction of sp³-hybridized carbons (Fsp3) is 0.418. The monoisotopic (exact) mass is 1160 g/mol. The van der Waals surface area contributed by atoms with Gasteiger partial charge in [-0.3, -0.25) is 19.2 Å². The molecule has 18 heteroatoms. The Morgan fingerprint density at radius 1 is 0.541 bits per heavy atom. The third-order valence-electron chi connectivity index (χ3n) is 16.3. The van der Waals surface area contributed by atoms with E-state index in [9.17, 15) is 42.3 Å². The highest BCUT2D eigenvalue weighted by atomic mass is 19.1. The number of nitrogens with two attached hydrogens (primary N) is 1. The van der Waals surface area contributed by atoms with Crippen molar-refractivity contribution in [2.24, 2.45) is 17.6 Å². The van der Waals surface area contributed by atoms with Crippen molar-refractivity contribution < 1.29 is 56.6 Å². The average Bonchev–Trinajstić information content (AvgIpc) is 2.11. The van der Waals surface area contributed by atoms with Crippen LogP contribution in [0.3, 0.4) is 0 Å². The van der Waals surface area contributed by atoms with Crippen LogP contribution in [0.25, 0.3) is 21.5 Å². The molecule has 10 rings (SSSR count). The van der Waals surface area contributed by atoms with Gasteiger partial charge in [-0.1, -0.05) is 135 Å². The highest BCUT2D eigenvalue weighted by Crippen LogP contribution is 2.38. The Morgan fingerprint density at radius 2 is 0.941 bits per heavy atom. The summed E-state index contributed by atoms with van der Waals surface area (Å²) in [6.07, 6.45) is 5.10. The average molecular weight is 1160 g/mol. The predicted octanol–water partition coefficient (Wildman–Crippen LogP) is 8.51. The lowest BCUT2D eigenvalue weighted by Gasteiger charge is -2.44. The fourth-order valence-corrected chi connectivity index (χ4v) is 11.5. The number of hydrogen-bond acceptors (Lipinski definition) is 11. The first-order valence-corrected chi connectivity index (χ1v) is 29.3. The molecule has 448 valence electrons. The van der Waals surface area contributed by atoms with Crippen LogP contribution >= 0.6 is 0 Å². The Kier molecular flexibility index (Phi) is 19.6. The lowest BCUT2D eigenvalue weighted by molar-refractivity contribution is -0.162. The number of nitrogens with zero attached hydrogens (tertiary/aromatic N) is 4. The van der Waals surface area contributed by atoms with Crippen LogP contribution in [0.4, 0.5) is 13.6 Å². The number of carbonyl (C=O) groups excluding carboxylic acids is 7. The SMILES string of the molecule is COC(=O)[C@H](Cc1ccc2ccccc2c1)N1CCN(C(=O)[C@@H](Cc2ccc(F)cc2)NC(=O)OC(C)(C)C)[C@@H](CC2CC2)C1=O.COC(=O)[C@H](Cc1ccc2ccccc2c1)N1CCN(C(=O)[C@H](N)Cc2ccc(F)cc2)[C@@H](CC2CC2)C1=O. The molecule has 6 aromatic rings. The Hall–Kier alpha value is -8.25. The molecule has 16 nitrogen and oxygen atoms in total. The zero-order valence-corrected chi connectivity index (χ0v) is 48.9. The maximum atomic E-state index is 14.3. The summed E-state index contributed by atoms with van der Waals surface area (Å²) in [6.45, 7) is 5.96. The summed E-state index contributed by atoms with van der Waals surface area (Å²) in [7, 11) is 2.64. The van der Waals surface area contributed by atoms with Gasteiger partial charge in [-0.05, 0) is 120 Å². The first kappa shape index (κ1) is 61.3. The first-order valence-electron chi connectivity index (χ1n) is 29.3. The van der Waals surface area contributed by atoms with Crippen molar-refractivity contribution >= 4 is 63.2 Å². The largest absolute Gasteiger partial charge is 0.467 e. The lowest BCUT2D eigenvalue weighted by atomic mass is 9.96. The summed E-state index contributed by atoms with van der Waals surface area (Å²) in [4.78, 5) is 101. The van der Waals surface area contributed by atoms with E-state index in [4.69, 9.17) is 19.9 Å². The fourth-order valence-electron chi connectivity index (χ4n) is 11.5. The van der Waals surface area contributed by atoms with Crippen molar-refractivity contribution in [2.75, 3.05) is 40.4 Å². The van der Waals surface area contributed by atoms with E-state index in [-0.39, 0.29) is 74.9 Å². The van der Waals surface area contributed by atoms with Gasteiger partial charge in [0.25, 0.3) is 0 Å². The van der Waals surface area contributed by atoms with E-state index in [0.717, 1.165) is 63.9 Å². The van der Waals surface area contributed by atoms with Gasteiger partial charge in [0, 0.05) is 45.4 Å². The molecule has 85 heavy (non-hydrogen) atoms. The summed E-state index contributed by atoms with van der Waals surface area (Å²) < 4.78 is 42.7. The van der Waals surface area contributed by atoms with E-state index < -0.39 is 71.6 Å². The van der Waals surface area contributed by atoms with Crippen molar-refractivity contribution in [1.29, 1.82) is 0 Å². The van der Waals surface area contributed by atoms with Crippen LogP contribution in [0, 0.1) is 23.5 Å². The number of hydrogen-bond donors (Lipinski definition) is 2. The van der Waals surface area contributed by atoms with Gasteiger partial charge in [-0.15, -0.1) is 0 Å². The van der Waals surface area contributed by atoms with Gasteiger partial charge in [0.05, 0.1) is 20.3 Å². The Bertz CT molecular complexity index is 3380. The molecule has 2 aliphatic heterocycles. The zero-order chi connectivity index (χ0) is 60.5. The molecule has 0 unspecified atom stereocenters. The van der Waals surface area contributed by atoms with Crippen LogP contribution in [0.15, 0.2) is 133 Å². The van der Waals surface area contributed by atoms with Crippen molar-refractivity contribution in [2.45, 2.75) is 127 Å². The van der Waals surface area contributed by atoms with Crippen molar-refractivity contribution in [1.82, 2.24) is 24.9 Å². The quantitative estimate of drug-likeness (QED) is 0.0583. The van der Waals surface area contributed by atoms with Gasteiger partial charge in [-0.25, -0.2) is 23.2 Å². The van der Waals surface area contributed by atoms with E-state index in [1.165, 1.54) is 43.4 Å². The number of carbonyl (C=O) groups is 7. The van der Waals surface area contributed by atoms with E-state index in [2.05, 4.69) is 5.32 Å². The number of esters is 2. The minimum atomic E-state index is -1.06. The number of fused-ring (bicyclic) bond motifs is 2. The van der Waals surface area contributed by atoms with Crippen LogP contribution in [-0.2, 0) is 68.7 Å². The Labute approximate surface area is 494 Å². The second-order valence-corrected chi connectivity index (χ2v) is 23.8. The molecule has 2 aliphatic carbocycles. The molecular formula is C67H76F2N6O10. The molecule has 0 bridgehead atoms. The van der Waals surface area contributed by atoms with Crippen LogP contribution < -0.4 is 11.1 Å². The second kappa shape index (κ2) is 27.2. The molecule has 0 aromatic heterocycles. The predicted molar refractivity (Wildman–Crippen MR) is 317 cm³/mol. The summed E-state index contributed by atoms with van der Waals surface area (Å²) in [5.41, 5.74) is 8.71. The van der Waals surface area contributed by atoms with Crippen LogP contribution in [0.5, 0.6) is 0 Å². The van der Waals surface area contributed by atoms with Gasteiger partial charge in [0.2, 0.25) is 23.6 Å². The van der Waals surface area contributed by atoms with Crippen LogP contribution in [0.1, 0.15) is 81.5 Å². The first-order chi connectivity index (χ1) is 40.7. The van der Waals surface area contributed by atoms with Crippen LogP contribution in [-0.4, -0.2) is 144 Å². The second-order valence-electron chi connectivity index (χ2n) is 23.8. The number of rotatable bonds is 19. The van der Waals surface area contributed by atoms with Gasteiger partial charge in [0.15, 0.2) is 0 Å². The highest BCUT2D eigenvalue weighted by molar-refractivity contribution is 5.96. The zero-order valence-electron chi connectivity index (χ0n) is 48.9. The third kappa shape index (κ3) is 15.9. The number of halogens is 2. The maximum Gasteiger partial charge on any atom is 0.408 e. The minimum absolute atomic E-state index is 0.0790. The topological polar surface area (TPSA) is 198 Å². The molecule has 2 heterocycles.